The van der Waals surface area contributed by atoms with Gasteiger partial charge in [-0.05, 0) is 31.4 Å². The fourth-order valence-electron chi connectivity index (χ4n) is 2.06. The number of nitrogens with zero attached hydrogens (tertiary/aromatic N) is 3. The largest absolute Gasteiger partial charge is 0.303 e. The monoisotopic (exact) mass is 324 g/mol. The molecule has 2 rings (SSSR count). The van der Waals surface area contributed by atoms with Crippen molar-refractivity contribution in [1.82, 2.24) is 14.3 Å². The Morgan fingerprint density at radius 2 is 2.11 bits per heavy atom. The second kappa shape index (κ2) is 5.78. The molecule has 1 aromatic heterocycles. The van der Waals surface area contributed by atoms with Gasteiger partial charge in [0.1, 0.15) is 11.0 Å². The van der Waals surface area contributed by atoms with Crippen LogP contribution in [0.2, 0.25) is 10.4 Å². The first-order valence-electron chi connectivity index (χ1n) is 5.88. The highest BCUT2D eigenvalue weighted by Crippen LogP contribution is 2.22. The maximum atomic E-state index is 12.3. The van der Waals surface area contributed by atoms with E-state index >= 15 is 0 Å². The first kappa shape index (κ1) is 14.8. The van der Waals surface area contributed by atoms with Crippen LogP contribution in [0.4, 0.5) is 5.82 Å². The molecule has 0 radical (unpaired) electrons. The zero-order valence-corrected chi connectivity index (χ0v) is 12.6. The van der Waals surface area contributed by atoms with Crippen molar-refractivity contribution >= 4 is 39.2 Å². The normalized spacial score (nSPS) is 21.3. The number of hydrogen-bond acceptors (Lipinski definition) is 4. The van der Waals surface area contributed by atoms with Gasteiger partial charge in [-0.3, -0.25) is 4.72 Å². The Hall–Kier alpha value is -0.630. The van der Waals surface area contributed by atoms with Gasteiger partial charge in [-0.15, -0.1) is 0 Å². The number of piperidine rings is 1. The Bertz CT molecular complexity index is 546. The average molecular weight is 325 g/mol. The quantitative estimate of drug-likeness (QED) is 0.683. The Labute approximate surface area is 122 Å². The van der Waals surface area contributed by atoms with Crippen LogP contribution in [0.15, 0.2) is 6.07 Å². The molecule has 0 bridgehead atoms. The summed E-state index contributed by atoms with van der Waals surface area (Å²) in [5.74, 6) is 0.0720. The molecule has 106 valence electrons. The van der Waals surface area contributed by atoms with Crippen LogP contribution in [0.3, 0.4) is 0 Å². The lowest BCUT2D eigenvalue weighted by Gasteiger charge is -2.32. The lowest BCUT2D eigenvalue weighted by molar-refractivity contribution is 0.270. The van der Waals surface area contributed by atoms with Gasteiger partial charge in [-0.25, -0.2) is 4.98 Å². The van der Waals surface area contributed by atoms with Crippen LogP contribution >= 0.6 is 23.2 Å². The van der Waals surface area contributed by atoms with Gasteiger partial charge in [0.15, 0.2) is 0 Å². The van der Waals surface area contributed by atoms with Gasteiger partial charge in [-0.2, -0.15) is 17.7 Å². The van der Waals surface area contributed by atoms with Gasteiger partial charge in [0.2, 0.25) is 5.28 Å². The van der Waals surface area contributed by atoms with Crippen LogP contribution in [-0.4, -0.2) is 35.3 Å². The molecule has 19 heavy (non-hydrogen) atoms. The van der Waals surface area contributed by atoms with E-state index in [4.69, 9.17) is 23.2 Å². The van der Waals surface area contributed by atoms with Crippen molar-refractivity contribution in [2.45, 2.75) is 32.2 Å². The molecule has 1 fully saturated rings. The second-order valence-corrected chi connectivity index (χ2v) is 6.76. The third kappa shape index (κ3) is 3.68. The van der Waals surface area contributed by atoms with Crippen molar-refractivity contribution < 1.29 is 8.42 Å². The molecule has 1 atom stereocenters. The molecule has 0 amide bonds. The molecular formula is C10H14Cl2N4O2S. The van der Waals surface area contributed by atoms with E-state index in [0.29, 0.717) is 6.54 Å². The molecule has 2 heterocycles. The number of halogens is 2. The fraction of sp³-hybridized carbons (Fsp3) is 0.600. The molecule has 0 saturated carbocycles. The molecule has 0 aromatic carbocycles. The fourth-order valence-corrected chi connectivity index (χ4v) is 3.91. The maximum Gasteiger partial charge on any atom is 0.303 e. The minimum absolute atomic E-state index is 0.0287. The Balaban J connectivity index is 2.20. The standard InChI is InChI=1S/C10H14Cl2N4O2S/c1-7-4-2-3-5-16(7)19(17,18)15-9-6-8(11)13-10(12)14-9/h6-7H,2-5H2,1H3,(H,13,14,15). The van der Waals surface area contributed by atoms with Crippen molar-refractivity contribution in [3.8, 4) is 0 Å². The number of anilines is 1. The van der Waals surface area contributed by atoms with E-state index in [9.17, 15) is 8.42 Å². The number of hydrogen-bond donors (Lipinski definition) is 1. The third-order valence-corrected chi connectivity index (χ3v) is 4.94. The second-order valence-electron chi connectivity index (χ2n) is 4.41. The number of aromatic nitrogens is 2. The van der Waals surface area contributed by atoms with Gasteiger partial charge in [0.25, 0.3) is 0 Å². The van der Waals surface area contributed by atoms with E-state index in [2.05, 4.69) is 14.7 Å². The van der Waals surface area contributed by atoms with Crippen LogP contribution < -0.4 is 4.72 Å². The summed E-state index contributed by atoms with van der Waals surface area (Å²) in [6.07, 6.45) is 2.75. The summed E-state index contributed by atoms with van der Waals surface area (Å²) in [5.41, 5.74) is 0. The average Bonchev–Trinajstić information content (AvgIpc) is 2.26. The number of nitrogens with one attached hydrogen (secondary N) is 1. The summed E-state index contributed by atoms with van der Waals surface area (Å²) < 4.78 is 28.3. The lowest BCUT2D eigenvalue weighted by atomic mass is 10.1. The molecule has 1 aliphatic rings. The Morgan fingerprint density at radius 1 is 1.37 bits per heavy atom. The van der Waals surface area contributed by atoms with Crippen LogP contribution in [0.25, 0.3) is 0 Å². The van der Waals surface area contributed by atoms with Crippen LogP contribution in [0, 0.1) is 0 Å². The van der Waals surface area contributed by atoms with Crippen molar-refractivity contribution in [3.05, 3.63) is 16.5 Å². The van der Waals surface area contributed by atoms with Crippen LogP contribution in [0.1, 0.15) is 26.2 Å². The molecule has 9 heteroatoms. The SMILES string of the molecule is CC1CCCCN1S(=O)(=O)Nc1cc(Cl)nc(Cl)n1. The lowest BCUT2D eigenvalue weighted by Crippen LogP contribution is -2.44. The highest BCUT2D eigenvalue weighted by Gasteiger charge is 2.29. The molecule has 1 unspecified atom stereocenters. The molecule has 6 nitrogen and oxygen atoms in total. The molecule has 1 saturated heterocycles. The first-order chi connectivity index (χ1) is 8.88. The highest BCUT2D eigenvalue weighted by molar-refractivity contribution is 7.90. The van der Waals surface area contributed by atoms with Gasteiger partial charge < -0.3 is 0 Å². The molecule has 1 N–H and O–H groups in total. The summed E-state index contributed by atoms with van der Waals surface area (Å²) in [6.45, 7) is 2.39. The van der Waals surface area contributed by atoms with E-state index < -0.39 is 10.2 Å². The minimum Gasteiger partial charge on any atom is -0.254 e. The first-order valence-corrected chi connectivity index (χ1v) is 8.08. The molecule has 0 spiro atoms. The Kier molecular flexibility index (Phi) is 4.50. The van der Waals surface area contributed by atoms with Gasteiger partial charge in [-0.1, -0.05) is 18.0 Å². The minimum atomic E-state index is -3.64. The summed E-state index contributed by atoms with van der Waals surface area (Å²) in [6, 6.07) is 1.29. The van der Waals surface area contributed by atoms with Gasteiger partial charge >= 0.3 is 10.2 Å². The van der Waals surface area contributed by atoms with Crippen LogP contribution in [-0.2, 0) is 10.2 Å². The predicted molar refractivity (Wildman–Crippen MR) is 74.6 cm³/mol. The summed E-state index contributed by atoms with van der Waals surface area (Å²) >= 11 is 11.3. The molecule has 1 aromatic rings. The van der Waals surface area contributed by atoms with E-state index in [0.717, 1.165) is 19.3 Å². The topological polar surface area (TPSA) is 75.2 Å². The molecular weight excluding hydrogens is 311 g/mol. The highest BCUT2D eigenvalue weighted by atomic mass is 35.5. The zero-order valence-electron chi connectivity index (χ0n) is 10.3. The van der Waals surface area contributed by atoms with Crippen molar-refractivity contribution in [2.24, 2.45) is 0 Å². The summed E-state index contributed by atoms with van der Waals surface area (Å²) in [5, 5.41) is -0.0127. The van der Waals surface area contributed by atoms with E-state index in [1.165, 1.54) is 10.4 Å². The van der Waals surface area contributed by atoms with E-state index in [1.54, 1.807) is 0 Å². The zero-order chi connectivity index (χ0) is 14.0. The van der Waals surface area contributed by atoms with Gasteiger partial charge in [0.05, 0.1) is 0 Å². The number of rotatable bonds is 3. The van der Waals surface area contributed by atoms with Gasteiger partial charge in [0, 0.05) is 18.7 Å². The summed E-state index contributed by atoms with van der Waals surface area (Å²) in [4.78, 5) is 7.46. The predicted octanol–water partition coefficient (Wildman–Crippen LogP) is 2.31. The van der Waals surface area contributed by atoms with E-state index in [1.807, 2.05) is 6.92 Å². The summed E-state index contributed by atoms with van der Waals surface area (Å²) in [7, 11) is -3.64. The third-order valence-electron chi connectivity index (χ3n) is 2.95. The Morgan fingerprint density at radius 3 is 2.74 bits per heavy atom. The van der Waals surface area contributed by atoms with Crippen molar-refractivity contribution in [2.75, 3.05) is 11.3 Å². The van der Waals surface area contributed by atoms with Crippen LogP contribution in [0.5, 0.6) is 0 Å². The van der Waals surface area contributed by atoms with E-state index in [-0.39, 0.29) is 22.3 Å². The molecule has 0 aliphatic carbocycles. The van der Waals surface area contributed by atoms with Crippen molar-refractivity contribution in [1.29, 1.82) is 0 Å². The van der Waals surface area contributed by atoms with Crippen molar-refractivity contribution in [3.63, 3.8) is 0 Å². The smallest absolute Gasteiger partial charge is 0.254 e. The maximum absolute atomic E-state index is 12.3. The molecule has 1 aliphatic heterocycles.